The number of hydrogen-bond acceptors (Lipinski definition) is 3. The zero-order valence-corrected chi connectivity index (χ0v) is 14.1. The first kappa shape index (κ1) is 15.9. The molecule has 0 unspecified atom stereocenters. The average molecular weight is 270 g/mol. The fourth-order valence-electron chi connectivity index (χ4n) is 1.84. The number of benzene rings is 1. The molecule has 0 aliphatic heterocycles. The quantitative estimate of drug-likeness (QED) is 0.556. The Kier molecular flexibility index (Phi) is 6.03. The third-order valence-corrected chi connectivity index (χ3v) is 2.72. The predicted octanol–water partition coefficient (Wildman–Crippen LogP) is -0.542. The number of fused-ring (bicyclic) bond motifs is 1. The van der Waals surface area contributed by atoms with Gasteiger partial charge < -0.3 is 15.1 Å². The number of hydrogen-bond donors (Lipinski definition) is 0. The van der Waals surface area contributed by atoms with Crippen LogP contribution >= 0.6 is 0 Å². The first-order valence-electron chi connectivity index (χ1n) is 5.50. The van der Waals surface area contributed by atoms with Gasteiger partial charge in [0.05, 0.1) is 0 Å². The van der Waals surface area contributed by atoms with E-state index in [0.29, 0.717) is 12.0 Å². The van der Waals surface area contributed by atoms with Gasteiger partial charge in [0.25, 0.3) is 0 Å². The molecule has 0 radical (unpaired) electrons. The summed E-state index contributed by atoms with van der Waals surface area (Å²) < 4.78 is 5.20. The predicted molar refractivity (Wildman–Crippen MR) is 69.7 cm³/mol. The van der Waals surface area contributed by atoms with Crippen LogP contribution in [-0.2, 0) is 6.42 Å². The molecule has 0 saturated carbocycles. The van der Waals surface area contributed by atoms with E-state index in [1.165, 1.54) is 6.07 Å². The zero-order chi connectivity index (χ0) is 12.4. The Hall–Kier alpha value is -0.174. The molecule has 0 atom stereocenters. The van der Waals surface area contributed by atoms with Crippen molar-refractivity contribution in [1.29, 1.82) is 0 Å². The van der Waals surface area contributed by atoms with E-state index in [1.54, 1.807) is 0 Å². The Balaban J connectivity index is 0.00000162. The number of nitrogens with one attached hydrogen (secondary N) is 1. The van der Waals surface area contributed by atoms with Crippen LogP contribution in [0.15, 0.2) is 33.5 Å². The molecule has 1 N–H and O–H groups in total. The van der Waals surface area contributed by atoms with Crippen LogP contribution in [0.3, 0.4) is 0 Å². The van der Waals surface area contributed by atoms with E-state index in [1.807, 2.05) is 37.2 Å². The van der Waals surface area contributed by atoms with Crippen LogP contribution in [0.1, 0.15) is 5.56 Å². The minimum atomic E-state index is -0.350. The maximum atomic E-state index is 11.4. The van der Waals surface area contributed by atoms with Crippen LogP contribution in [0.25, 0.3) is 16.7 Å². The molecular formula is C13H15KN2O2. The van der Waals surface area contributed by atoms with Crippen LogP contribution in [0, 0.1) is 0 Å². The van der Waals surface area contributed by atoms with Crippen molar-refractivity contribution in [3.8, 4) is 0 Å². The SMILES string of the molecule is CN(C)c1ccc2c(CC[NH-])cc(=O)oc2c1.[K+]. The fourth-order valence-corrected chi connectivity index (χ4v) is 1.84. The summed E-state index contributed by atoms with van der Waals surface area (Å²) in [6, 6.07) is 7.25. The molecule has 90 valence electrons. The molecule has 2 aromatic rings. The molecule has 4 nitrogen and oxygen atoms in total. The average Bonchev–Trinajstić information content (AvgIpc) is 2.28. The van der Waals surface area contributed by atoms with Gasteiger partial charge >= 0.3 is 57.0 Å². The molecule has 0 aliphatic carbocycles. The van der Waals surface area contributed by atoms with Crippen LogP contribution in [0.5, 0.6) is 0 Å². The van der Waals surface area contributed by atoms with E-state index in [-0.39, 0.29) is 63.6 Å². The van der Waals surface area contributed by atoms with Gasteiger partial charge in [-0.2, -0.15) is 0 Å². The smallest absolute Gasteiger partial charge is 0.677 e. The topological polar surface area (TPSA) is 57.2 Å². The van der Waals surface area contributed by atoms with E-state index >= 15 is 0 Å². The maximum Gasteiger partial charge on any atom is 1.00 e. The van der Waals surface area contributed by atoms with Gasteiger partial charge in [-0.05, 0) is 24.1 Å². The molecule has 0 spiro atoms. The Morgan fingerprint density at radius 2 is 2.00 bits per heavy atom. The second kappa shape index (κ2) is 6.84. The largest absolute Gasteiger partial charge is 1.00 e. The zero-order valence-electron chi connectivity index (χ0n) is 11.0. The molecule has 1 aromatic heterocycles. The van der Waals surface area contributed by atoms with Gasteiger partial charge in [0.15, 0.2) is 0 Å². The summed E-state index contributed by atoms with van der Waals surface area (Å²) in [5.41, 5.74) is 9.37. The first-order valence-corrected chi connectivity index (χ1v) is 5.50. The minimum Gasteiger partial charge on any atom is -0.677 e. The molecule has 0 fully saturated rings. The Labute approximate surface area is 149 Å². The van der Waals surface area contributed by atoms with Gasteiger partial charge in [0.2, 0.25) is 0 Å². The minimum absolute atomic E-state index is 0. The van der Waals surface area contributed by atoms with Crippen molar-refractivity contribution in [1.82, 2.24) is 0 Å². The van der Waals surface area contributed by atoms with Crippen LogP contribution < -0.4 is 61.9 Å². The molecule has 0 amide bonds. The van der Waals surface area contributed by atoms with Crippen molar-refractivity contribution in [2.75, 3.05) is 25.5 Å². The molecule has 2 rings (SSSR count). The molecule has 0 aliphatic rings. The van der Waals surface area contributed by atoms with Crippen molar-refractivity contribution >= 4 is 16.7 Å². The number of nitrogens with zero attached hydrogens (tertiary/aromatic N) is 1. The Morgan fingerprint density at radius 1 is 1.28 bits per heavy atom. The number of rotatable bonds is 3. The summed E-state index contributed by atoms with van der Waals surface area (Å²) in [7, 11) is 3.87. The summed E-state index contributed by atoms with van der Waals surface area (Å²) in [5.74, 6) is 0. The van der Waals surface area contributed by atoms with E-state index in [4.69, 9.17) is 10.2 Å². The van der Waals surface area contributed by atoms with Crippen LogP contribution in [0.2, 0.25) is 0 Å². The molecule has 0 saturated heterocycles. The Bertz CT molecular complexity index is 593. The van der Waals surface area contributed by atoms with Gasteiger partial charge in [-0.1, -0.05) is 0 Å². The first-order chi connectivity index (χ1) is 8.11. The monoisotopic (exact) mass is 270 g/mol. The third kappa shape index (κ3) is 3.43. The molecule has 18 heavy (non-hydrogen) atoms. The Morgan fingerprint density at radius 3 is 2.61 bits per heavy atom. The van der Waals surface area contributed by atoms with Gasteiger partial charge in [0, 0.05) is 37.3 Å². The molecule has 1 heterocycles. The summed E-state index contributed by atoms with van der Waals surface area (Å²) in [6.07, 6.45) is 0.573. The standard InChI is InChI=1S/C13H15N2O2.K/c1-15(2)10-3-4-11-9(5-6-14)7-13(16)17-12(11)8-10;/h3-4,7-8,14H,5-6H2,1-2H3;/q-1;+1. The van der Waals surface area contributed by atoms with E-state index in [0.717, 1.165) is 16.6 Å². The van der Waals surface area contributed by atoms with Crippen LogP contribution in [-0.4, -0.2) is 20.6 Å². The summed E-state index contributed by atoms with van der Waals surface area (Å²) in [6.45, 7) is 0.272. The van der Waals surface area contributed by atoms with Crippen molar-refractivity contribution in [2.24, 2.45) is 0 Å². The molecule has 1 aromatic carbocycles. The molecule has 5 heteroatoms. The van der Waals surface area contributed by atoms with Crippen molar-refractivity contribution in [3.63, 3.8) is 0 Å². The van der Waals surface area contributed by atoms with Gasteiger partial charge in [-0.3, -0.25) is 0 Å². The van der Waals surface area contributed by atoms with Crippen molar-refractivity contribution in [3.05, 3.63) is 46.0 Å². The second-order valence-electron chi connectivity index (χ2n) is 4.17. The fraction of sp³-hybridized carbons (Fsp3) is 0.308. The van der Waals surface area contributed by atoms with Gasteiger partial charge in [0.1, 0.15) is 5.58 Å². The number of anilines is 1. The molecular weight excluding hydrogens is 255 g/mol. The van der Waals surface area contributed by atoms with E-state index in [9.17, 15) is 4.79 Å². The van der Waals surface area contributed by atoms with Gasteiger partial charge in [-0.25, -0.2) is 4.79 Å². The summed E-state index contributed by atoms with van der Waals surface area (Å²) >= 11 is 0. The third-order valence-electron chi connectivity index (χ3n) is 2.72. The summed E-state index contributed by atoms with van der Waals surface area (Å²) in [5, 5.41) is 0.919. The normalized spacial score (nSPS) is 10.2. The van der Waals surface area contributed by atoms with Gasteiger partial charge in [-0.15, -0.1) is 6.54 Å². The van der Waals surface area contributed by atoms with Crippen LogP contribution in [0.4, 0.5) is 5.69 Å². The summed E-state index contributed by atoms with van der Waals surface area (Å²) in [4.78, 5) is 13.4. The second-order valence-corrected chi connectivity index (χ2v) is 4.17. The maximum absolute atomic E-state index is 11.4. The van der Waals surface area contributed by atoms with Crippen molar-refractivity contribution in [2.45, 2.75) is 6.42 Å². The van der Waals surface area contributed by atoms with E-state index < -0.39 is 0 Å². The van der Waals surface area contributed by atoms with E-state index in [2.05, 4.69) is 0 Å². The molecule has 0 bridgehead atoms. The van der Waals surface area contributed by atoms with Crippen molar-refractivity contribution < 1.29 is 55.8 Å².